The molecule has 114 valence electrons. The molecule has 0 aliphatic heterocycles. The summed E-state index contributed by atoms with van der Waals surface area (Å²) in [7, 11) is 0. The van der Waals surface area contributed by atoms with E-state index in [-0.39, 0.29) is 12.1 Å². The second-order valence-corrected chi connectivity index (χ2v) is 7.06. The van der Waals surface area contributed by atoms with E-state index in [2.05, 4.69) is 59.8 Å². The average molecular weight is 438 g/mol. The summed E-state index contributed by atoms with van der Waals surface area (Å²) in [6.45, 7) is 7.09. The standard InChI is InChI=1S/C15H18Cl2IN3/c1-4-19-14(10-5-6-13(18)11(16)7-10)15-12(17)8-20-21(15)9(2)3/h5-9,14,19H,4H2,1-3H3. The predicted octanol–water partition coefficient (Wildman–Crippen LogP) is 5.07. The summed E-state index contributed by atoms with van der Waals surface area (Å²) >= 11 is 14.9. The van der Waals surface area contributed by atoms with Gasteiger partial charge in [-0.15, -0.1) is 0 Å². The molecule has 0 radical (unpaired) electrons. The fourth-order valence-electron chi connectivity index (χ4n) is 2.30. The monoisotopic (exact) mass is 437 g/mol. The van der Waals surface area contributed by atoms with Gasteiger partial charge in [0, 0.05) is 9.61 Å². The molecule has 1 atom stereocenters. The molecule has 2 aromatic rings. The number of hydrogen-bond donors (Lipinski definition) is 1. The first-order chi connectivity index (χ1) is 9.95. The van der Waals surface area contributed by atoms with Crippen molar-refractivity contribution in [2.45, 2.75) is 32.9 Å². The zero-order valence-electron chi connectivity index (χ0n) is 12.2. The summed E-state index contributed by atoms with van der Waals surface area (Å²) in [5.74, 6) is 0. The molecule has 0 spiro atoms. The molecule has 0 bridgehead atoms. The van der Waals surface area contributed by atoms with Gasteiger partial charge in [-0.2, -0.15) is 5.10 Å². The Bertz CT molecular complexity index is 625. The number of rotatable bonds is 5. The van der Waals surface area contributed by atoms with Crippen LogP contribution in [0.25, 0.3) is 0 Å². The first-order valence-electron chi connectivity index (χ1n) is 6.87. The maximum atomic E-state index is 6.38. The van der Waals surface area contributed by atoms with Crippen molar-refractivity contribution in [3.05, 3.63) is 49.3 Å². The molecule has 0 aliphatic carbocycles. The molecule has 0 aliphatic rings. The maximum absolute atomic E-state index is 6.38. The summed E-state index contributed by atoms with van der Waals surface area (Å²) in [4.78, 5) is 0. The lowest BCUT2D eigenvalue weighted by atomic mass is 10.0. The predicted molar refractivity (Wildman–Crippen MR) is 97.3 cm³/mol. The van der Waals surface area contributed by atoms with Crippen LogP contribution in [0.15, 0.2) is 24.4 Å². The van der Waals surface area contributed by atoms with Crippen molar-refractivity contribution < 1.29 is 0 Å². The van der Waals surface area contributed by atoms with Crippen molar-refractivity contribution >= 4 is 45.8 Å². The zero-order valence-corrected chi connectivity index (χ0v) is 15.9. The zero-order chi connectivity index (χ0) is 15.6. The van der Waals surface area contributed by atoms with Gasteiger partial charge in [0.05, 0.1) is 28.0 Å². The normalized spacial score (nSPS) is 12.9. The van der Waals surface area contributed by atoms with Gasteiger partial charge in [0.2, 0.25) is 0 Å². The van der Waals surface area contributed by atoms with Gasteiger partial charge in [-0.05, 0) is 60.7 Å². The third-order valence-electron chi connectivity index (χ3n) is 3.23. The molecule has 0 saturated carbocycles. The first-order valence-corrected chi connectivity index (χ1v) is 8.70. The van der Waals surface area contributed by atoms with Crippen LogP contribution in [0.5, 0.6) is 0 Å². The van der Waals surface area contributed by atoms with Gasteiger partial charge in [0.1, 0.15) is 0 Å². The van der Waals surface area contributed by atoms with E-state index in [1.165, 1.54) is 0 Å². The Labute approximate surface area is 149 Å². The van der Waals surface area contributed by atoms with Crippen LogP contribution in [-0.2, 0) is 0 Å². The van der Waals surface area contributed by atoms with Gasteiger partial charge in [-0.25, -0.2) is 0 Å². The van der Waals surface area contributed by atoms with Crippen LogP contribution >= 0.6 is 45.8 Å². The highest BCUT2D eigenvalue weighted by Gasteiger charge is 2.23. The highest BCUT2D eigenvalue weighted by molar-refractivity contribution is 14.1. The van der Waals surface area contributed by atoms with Crippen LogP contribution in [0.2, 0.25) is 10.0 Å². The van der Waals surface area contributed by atoms with Gasteiger partial charge < -0.3 is 5.32 Å². The number of halogens is 3. The minimum Gasteiger partial charge on any atom is -0.305 e. The van der Waals surface area contributed by atoms with Gasteiger partial charge in [0.25, 0.3) is 0 Å². The highest BCUT2D eigenvalue weighted by Crippen LogP contribution is 2.32. The maximum Gasteiger partial charge on any atom is 0.0837 e. The Kier molecular flexibility index (Phi) is 5.94. The van der Waals surface area contributed by atoms with E-state index in [0.717, 1.165) is 26.4 Å². The molecule has 1 aromatic heterocycles. The van der Waals surface area contributed by atoms with Crippen LogP contribution in [-0.4, -0.2) is 16.3 Å². The number of nitrogens with one attached hydrogen (secondary N) is 1. The fourth-order valence-corrected chi connectivity index (χ4v) is 3.06. The summed E-state index contributed by atoms with van der Waals surface area (Å²) in [6.07, 6.45) is 1.70. The molecule has 1 unspecified atom stereocenters. The molecule has 2 rings (SSSR count). The van der Waals surface area contributed by atoms with Crippen molar-refractivity contribution in [2.75, 3.05) is 6.54 Å². The van der Waals surface area contributed by atoms with Gasteiger partial charge in [0.15, 0.2) is 0 Å². The molecule has 1 aromatic carbocycles. The van der Waals surface area contributed by atoms with Crippen molar-refractivity contribution in [3.63, 3.8) is 0 Å². The Morgan fingerprint density at radius 1 is 1.29 bits per heavy atom. The van der Waals surface area contributed by atoms with Crippen molar-refractivity contribution in [2.24, 2.45) is 0 Å². The molecule has 0 fully saturated rings. The van der Waals surface area contributed by atoms with Crippen molar-refractivity contribution in [3.8, 4) is 0 Å². The highest BCUT2D eigenvalue weighted by atomic mass is 127. The van der Waals surface area contributed by atoms with Gasteiger partial charge >= 0.3 is 0 Å². The van der Waals surface area contributed by atoms with E-state index in [1.807, 2.05) is 16.8 Å². The van der Waals surface area contributed by atoms with E-state index in [9.17, 15) is 0 Å². The molecule has 21 heavy (non-hydrogen) atoms. The number of aromatic nitrogens is 2. The molecule has 6 heteroatoms. The van der Waals surface area contributed by atoms with Crippen molar-refractivity contribution in [1.82, 2.24) is 15.1 Å². The Balaban J connectivity index is 2.53. The van der Waals surface area contributed by atoms with E-state index in [1.54, 1.807) is 6.20 Å². The second kappa shape index (κ2) is 7.31. The molecule has 3 nitrogen and oxygen atoms in total. The van der Waals surface area contributed by atoms with Crippen molar-refractivity contribution in [1.29, 1.82) is 0 Å². The SMILES string of the molecule is CCNC(c1ccc(I)c(Cl)c1)c1c(Cl)cnn1C(C)C. The van der Waals surface area contributed by atoms with Gasteiger partial charge in [-0.3, -0.25) is 4.68 Å². The molecular weight excluding hydrogens is 420 g/mol. The summed E-state index contributed by atoms with van der Waals surface area (Å²) in [6, 6.07) is 6.31. The topological polar surface area (TPSA) is 29.9 Å². The molecular formula is C15H18Cl2IN3. The lowest BCUT2D eigenvalue weighted by Gasteiger charge is -2.22. The average Bonchev–Trinajstić information content (AvgIpc) is 2.81. The summed E-state index contributed by atoms with van der Waals surface area (Å²) < 4.78 is 3.00. The summed E-state index contributed by atoms with van der Waals surface area (Å²) in [5.41, 5.74) is 2.07. The Morgan fingerprint density at radius 3 is 2.57 bits per heavy atom. The van der Waals surface area contributed by atoms with Crippen LogP contribution in [0.1, 0.15) is 44.1 Å². The second-order valence-electron chi connectivity index (χ2n) is 5.08. The Morgan fingerprint density at radius 2 is 2.00 bits per heavy atom. The molecule has 1 N–H and O–H groups in total. The van der Waals surface area contributed by atoms with Crippen LogP contribution in [0, 0.1) is 3.57 Å². The molecule has 1 heterocycles. The summed E-state index contributed by atoms with van der Waals surface area (Å²) in [5, 5.41) is 9.30. The molecule has 0 saturated heterocycles. The van der Waals surface area contributed by atoms with Crippen LogP contribution in [0.3, 0.4) is 0 Å². The lowest BCUT2D eigenvalue weighted by molar-refractivity contribution is 0.476. The fraction of sp³-hybridized carbons (Fsp3) is 0.400. The van der Waals surface area contributed by atoms with E-state index < -0.39 is 0 Å². The lowest BCUT2D eigenvalue weighted by Crippen LogP contribution is -2.26. The van der Waals surface area contributed by atoms with Crippen LogP contribution in [0.4, 0.5) is 0 Å². The van der Waals surface area contributed by atoms with E-state index in [4.69, 9.17) is 23.2 Å². The number of nitrogens with zero attached hydrogens (tertiary/aromatic N) is 2. The number of hydrogen-bond acceptors (Lipinski definition) is 2. The van der Waals surface area contributed by atoms with E-state index >= 15 is 0 Å². The smallest absolute Gasteiger partial charge is 0.0837 e. The minimum atomic E-state index is -0.0260. The third-order valence-corrected chi connectivity index (χ3v) is 5.10. The largest absolute Gasteiger partial charge is 0.305 e. The van der Waals surface area contributed by atoms with Crippen LogP contribution < -0.4 is 5.32 Å². The van der Waals surface area contributed by atoms with E-state index in [0.29, 0.717) is 5.02 Å². The quantitative estimate of drug-likeness (QED) is 0.661. The Hall–Kier alpha value is -0.300. The number of benzene rings is 1. The first kappa shape index (κ1) is 17.1. The molecule has 0 amide bonds. The van der Waals surface area contributed by atoms with Gasteiger partial charge in [-0.1, -0.05) is 36.2 Å². The minimum absolute atomic E-state index is 0.0260. The third kappa shape index (κ3) is 3.73.